The van der Waals surface area contributed by atoms with Crippen molar-refractivity contribution in [3.8, 4) is 0 Å². The maximum Gasteiger partial charge on any atom is 0.123 e. The van der Waals surface area contributed by atoms with Crippen molar-refractivity contribution in [2.75, 3.05) is 0 Å². The fourth-order valence-electron chi connectivity index (χ4n) is 1.38. The van der Waals surface area contributed by atoms with E-state index in [2.05, 4.69) is 13.8 Å². The monoisotopic (exact) mass is 195 g/mol. The Morgan fingerprint density at radius 2 is 2.00 bits per heavy atom. The maximum absolute atomic E-state index is 12.8. The van der Waals surface area contributed by atoms with Crippen molar-refractivity contribution in [3.05, 3.63) is 35.1 Å². The Hall–Kier alpha value is -0.890. The lowest BCUT2D eigenvalue weighted by atomic mass is 9.95. The molecule has 0 aliphatic heterocycles. The quantitative estimate of drug-likeness (QED) is 0.788. The minimum atomic E-state index is -0.177. The lowest BCUT2D eigenvalue weighted by Crippen LogP contribution is -2.29. The third kappa shape index (κ3) is 2.81. The predicted octanol–water partition coefficient (Wildman–Crippen LogP) is 2.66. The second-order valence-electron chi connectivity index (χ2n) is 4.18. The first-order valence-electron chi connectivity index (χ1n) is 5.01. The topological polar surface area (TPSA) is 26.0 Å². The van der Waals surface area contributed by atoms with E-state index >= 15 is 0 Å². The Morgan fingerprint density at radius 3 is 2.50 bits per heavy atom. The first-order valence-corrected chi connectivity index (χ1v) is 5.01. The third-order valence-corrected chi connectivity index (χ3v) is 2.62. The molecular formula is C12H18FN. The van der Waals surface area contributed by atoms with Crippen molar-refractivity contribution in [2.24, 2.45) is 11.7 Å². The van der Waals surface area contributed by atoms with Crippen LogP contribution >= 0.6 is 0 Å². The average molecular weight is 195 g/mol. The number of rotatable bonds is 3. The standard InChI is InChI=1S/C12H18FN/c1-8(2)12(14)7-10-4-5-11(13)6-9(10)3/h4-6,8,12H,7,14H2,1-3H3. The van der Waals surface area contributed by atoms with Crippen molar-refractivity contribution in [2.45, 2.75) is 33.2 Å². The van der Waals surface area contributed by atoms with E-state index < -0.39 is 0 Å². The van der Waals surface area contributed by atoms with Crippen LogP contribution in [0, 0.1) is 18.7 Å². The minimum absolute atomic E-state index is 0.152. The van der Waals surface area contributed by atoms with Crippen LogP contribution in [0.4, 0.5) is 4.39 Å². The highest BCUT2D eigenvalue weighted by Gasteiger charge is 2.10. The molecule has 1 aromatic carbocycles. The van der Waals surface area contributed by atoms with Crippen molar-refractivity contribution < 1.29 is 4.39 Å². The molecule has 0 heterocycles. The number of aryl methyl sites for hydroxylation is 1. The highest BCUT2D eigenvalue weighted by molar-refractivity contribution is 5.27. The molecule has 14 heavy (non-hydrogen) atoms. The zero-order valence-corrected chi connectivity index (χ0v) is 9.05. The summed E-state index contributed by atoms with van der Waals surface area (Å²) in [5.74, 6) is 0.281. The summed E-state index contributed by atoms with van der Waals surface area (Å²) in [4.78, 5) is 0. The summed E-state index contributed by atoms with van der Waals surface area (Å²) in [6.45, 7) is 6.12. The second kappa shape index (κ2) is 4.56. The molecule has 1 nitrogen and oxygen atoms in total. The van der Waals surface area contributed by atoms with E-state index in [1.807, 2.05) is 13.0 Å². The molecule has 1 rings (SSSR count). The Labute approximate surface area is 85.1 Å². The van der Waals surface area contributed by atoms with E-state index in [0.29, 0.717) is 5.92 Å². The number of halogens is 1. The molecule has 78 valence electrons. The summed E-state index contributed by atoms with van der Waals surface area (Å²) >= 11 is 0. The average Bonchev–Trinajstić information content (AvgIpc) is 2.09. The Bertz CT molecular complexity index is 307. The van der Waals surface area contributed by atoms with Gasteiger partial charge in [0.1, 0.15) is 5.82 Å². The van der Waals surface area contributed by atoms with Gasteiger partial charge in [0.15, 0.2) is 0 Å². The molecule has 1 unspecified atom stereocenters. The molecule has 0 radical (unpaired) electrons. The molecule has 1 aromatic rings. The smallest absolute Gasteiger partial charge is 0.123 e. The van der Waals surface area contributed by atoms with Crippen LogP contribution in [0.15, 0.2) is 18.2 Å². The number of nitrogens with two attached hydrogens (primary N) is 1. The summed E-state index contributed by atoms with van der Waals surface area (Å²) in [5, 5.41) is 0. The SMILES string of the molecule is Cc1cc(F)ccc1CC(N)C(C)C. The molecule has 2 N–H and O–H groups in total. The van der Waals surface area contributed by atoms with Crippen LogP contribution < -0.4 is 5.73 Å². The van der Waals surface area contributed by atoms with Crippen LogP contribution in [0.5, 0.6) is 0 Å². The second-order valence-corrected chi connectivity index (χ2v) is 4.18. The van der Waals surface area contributed by atoms with Gasteiger partial charge in [0, 0.05) is 6.04 Å². The molecule has 2 heteroatoms. The van der Waals surface area contributed by atoms with E-state index in [1.165, 1.54) is 6.07 Å². The normalized spacial score (nSPS) is 13.3. The van der Waals surface area contributed by atoms with Gasteiger partial charge in [0.05, 0.1) is 0 Å². The van der Waals surface area contributed by atoms with E-state index in [0.717, 1.165) is 17.5 Å². The molecule has 0 aliphatic rings. The molecule has 0 amide bonds. The molecule has 0 saturated heterocycles. The summed E-state index contributed by atoms with van der Waals surface area (Å²) in [6, 6.07) is 5.03. The molecule has 0 saturated carbocycles. The Kier molecular flexibility index (Phi) is 3.64. The van der Waals surface area contributed by atoms with E-state index in [4.69, 9.17) is 5.73 Å². The fraction of sp³-hybridized carbons (Fsp3) is 0.500. The van der Waals surface area contributed by atoms with E-state index in [-0.39, 0.29) is 11.9 Å². The zero-order chi connectivity index (χ0) is 10.7. The lowest BCUT2D eigenvalue weighted by molar-refractivity contribution is 0.489. The molecular weight excluding hydrogens is 177 g/mol. The Morgan fingerprint density at radius 1 is 1.36 bits per heavy atom. The number of benzene rings is 1. The lowest BCUT2D eigenvalue weighted by Gasteiger charge is -2.16. The number of hydrogen-bond donors (Lipinski definition) is 1. The van der Waals surface area contributed by atoms with Crippen LogP contribution in [0.3, 0.4) is 0 Å². The Balaban J connectivity index is 2.77. The van der Waals surface area contributed by atoms with Gasteiger partial charge in [-0.15, -0.1) is 0 Å². The molecule has 1 atom stereocenters. The van der Waals surface area contributed by atoms with E-state index in [9.17, 15) is 4.39 Å². The molecule has 0 aromatic heterocycles. The summed E-state index contributed by atoms with van der Waals surface area (Å²) in [7, 11) is 0. The largest absolute Gasteiger partial charge is 0.327 e. The van der Waals surface area contributed by atoms with Crippen molar-refractivity contribution in [3.63, 3.8) is 0 Å². The van der Waals surface area contributed by atoms with Crippen LogP contribution in [0.25, 0.3) is 0 Å². The van der Waals surface area contributed by atoms with Gasteiger partial charge < -0.3 is 5.73 Å². The number of hydrogen-bond acceptors (Lipinski definition) is 1. The molecule has 0 spiro atoms. The van der Waals surface area contributed by atoms with Gasteiger partial charge in [-0.1, -0.05) is 19.9 Å². The minimum Gasteiger partial charge on any atom is -0.327 e. The van der Waals surface area contributed by atoms with Crippen LogP contribution in [0.2, 0.25) is 0 Å². The van der Waals surface area contributed by atoms with Crippen LogP contribution in [-0.2, 0) is 6.42 Å². The van der Waals surface area contributed by atoms with Crippen LogP contribution in [-0.4, -0.2) is 6.04 Å². The molecule has 0 bridgehead atoms. The maximum atomic E-state index is 12.8. The zero-order valence-electron chi connectivity index (χ0n) is 9.05. The summed E-state index contributed by atoms with van der Waals surface area (Å²) in [6.07, 6.45) is 0.823. The van der Waals surface area contributed by atoms with Gasteiger partial charge in [-0.2, -0.15) is 0 Å². The van der Waals surface area contributed by atoms with Gasteiger partial charge >= 0.3 is 0 Å². The van der Waals surface area contributed by atoms with Gasteiger partial charge in [-0.3, -0.25) is 0 Å². The summed E-state index contributed by atoms with van der Waals surface area (Å²) < 4.78 is 12.8. The predicted molar refractivity (Wildman–Crippen MR) is 57.7 cm³/mol. The van der Waals surface area contributed by atoms with E-state index in [1.54, 1.807) is 6.07 Å². The van der Waals surface area contributed by atoms with Gasteiger partial charge in [-0.05, 0) is 42.5 Å². The van der Waals surface area contributed by atoms with Gasteiger partial charge in [0.2, 0.25) is 0 Å². The first-order chi connectivity index (χ1) is 6.50. The van der Waals surface area contributed by atoms with Gasteiger partial charge in [-0.25, -0.2) is 4.39 Å². The van der Waals surface area contributed by atoms with Crippen LogP contribution in [0.1, 0.15) is 25.0 Å². The highest BCUT2D eigenvalue weighted by atomic mass is 19.1. The van der Waals surface area contributed by atoms with Crippen molar-refractivity contribution >= 4 is 0 Å². The van der Waals surface area contributed by atoms with Crippen molar-refractivity contribution in [1.82, 2.24) is 0 Å². The molecule has 0 aliphatic carbocycles. The fourth-order valence-corrected chi connectivity index (χ4v) is 1.38. The first kappa shape index (κ1) is 11.2. The highest BCUT2D eigenvalue weighted by Crippen LogP contribution is 2.14. The van der Waals surface area contributed by atoms with Gasteiger partial charge in [0.25, 0.3) is 0 Å². The van der Waals surface area contributed by atoms with Crippen molar-refractivity contribution in [1.29, 1.82) is 0 Å². The summed E-state index contributed by atoms with van der Waals surface area (Å²) in [5.41, 5.74) is 8.09. The molecule has 0 fully saturated rings. The third-order valence-electron chi connectivity index (χ3n) is 2.62.